The molecule has 1 aromatic carbocycles. The Morgan fingerprint density at radius 1 is 1.50 bits per heavy atom. The molecule has 0 fully saturated rings. The van der Waals surface area contributed by atoms with Crippen LogP contribution < -0.4 is 0 Å². The Kier molecular flexibility index (Phi) is 2.90. The Bertz CT molecular complexity index is 358. The highest BCUT2D eigenvalue weighted by atomic mass is 35.5. The van der Waals surface area contributed by atoms with Gasteiger partial charge in [-0.1, -0.05) is 23.6 Å². The summed E-state index contributed by atoms with van der Waals surface area (Å²) in [5, 5.41) is 0.635. The third-order valence-electron chi connectivity index (χ3n) is 1.47. The number of carbonyl (C=O) groups excluding carboxylic acids is 1. The van der Waals surface area contributed by atoms with Crippen molar-refractivity contribution < 1.29 is 4.79 Å². The van der Waals surface area contributed by atoms with Crippen LogP contribution in [0.25, 0.3) is 0 Å². The van der Waals surface area contributed by atoms with Crippen molar-refractivity contribution in [1.29, 1.82) is 0 Å². The summed E-state index contributed by atoms with van der Waals surface area (Å²) in [6.45, 7) is 1.92. The minimum absolute atomic E-state index is 0.570. The highest BCUT2D eigenvalue weighted by Gasteiger charge is 1.94. The van der Waals surface area contributed by atoms with Crippen LogP contribution in [0.3, 0.4) is 0 Å². The zero-order valence-corrected chi connectivity index (χ0v) is 7.35. The average molecular weight is 179 g/mol. The fourth-order valence-electron chi connectivity index (χ4n) is 0.836. The molecule has 0 spiro atoms. The average Bonchev–Trinajstić information content (AvgIpc) is 2.07. The lowest BCUT2D eigenvalue weighted by Gasteiger charge is -1.96. The number of carbonyl (C=O) groups is 1. The Morgan fingerprint density at radius 2 is 2.25 bits per heavy atom. The van der Waals surface area contributed by atoms with Crippen LogP contribution in [0.5, 0.6) is 0 Å². The lowest BCUT2D eigenvalue weighted by atomic mass is 10.1. The van der Waals surface area contributed by atoms with Crippen LogP contribution in [0.2, 0.25) is 5.02 Å². The summed E-state index contributed by atoms with van der Waals surface area (Å²) in [5.74, 6) is 5.04. The first kappa shape index (κ1) is 8.83. The normalized spacial score (nSPS) is 8.50. The highest BCUT2D eigenvalue weighted by molar-refractivity contribution is 6.30. The first-order valence-corrected chi connectivity index (χ1v) is 3.83. The van der Waals surface area contributed by atoms with E-state index in [-0.39, 0.29) is 0 Å². The van der Waals surface area contributed by atoms with Gasteiger partial charge in [0.25, 0.3) is 0 Å². The van der Waals surface area contributed by atoms with Crippen molar-refractivity contribution in [3.63, 3.8) is 0 Å². The van der Waals surface area contributed by atoms with Gasteiger partial charge in [0.05, 0.1) is 0 Å². The van der Waals surface area contributed by atoms with Crippen LogP contribution in [-0.4, -0.2) is 6.29 Å². The second-order valence-electron chi connectivity index (χ2n) is 2.35. The van der Waals surface area contributed by atoms with Crippen LogP contribution in [0.4, 0.5) is 0 Å². The van der Waals surface area contributed by atoms with E-state index in [0.29, 0.717) is 11.3 Å². The Morgan fingerprint density at radius 3 is 2.92 bits per heavy atom. The molecule has 0 amide bonds. The number of rotatable bonds is 0. The van der Waals surface area contributed by atoms with Gasteiger partial charge in [-0.2, -0.15) is 0 Å². The van der Waals surface area contributed by atoms with Crippen LogP contribution in [0.15, 0.2) is 18.2 Å². The van der Waals surface area contributed by atoms with E-state index in [1.54, 1.807) is 12.1 Å². The van der Waals surface area contributed by atoms with Gasteiger partial charge in [0, 0.05) is 10.6 Å². The monoisotopic (exact) mass is 178 g/mol. The molecule has 0 aliphatic rings. The maximum absolute atomic E-state index is 9.97. The predicted molar refractivity (Wildman–Crippen MR) is 49.1 cm³/mol. The maximum Gasteiger partial charge on any atom is 0.193 e. The molecule has 1 aromatic rings. The molecule has 0 radical (unpaired) electrons. The van der Waals surface area contributed by atoms with E-state index in [2.05, 4.69) is 11.8 Å². The summed E-state index contributed by atoms with van der Waals surface area (Å²) in [7, 11) is 0. The van der Waals surface area contributed by atoms with Gasteiger partial charge >= 0.3 is 0 Å². The number of aryl methyl sites for hydroxylation is 1. The van der Waals surface area contributed by atoms with Crippen molar-refractivity contribution in [3.8, 4) is 11.8 Å². The van der Waals surface area contributed by atoms with Crippen LogP contribution in [0.1, 0.15) is 11.1 Å². The van der Waals surface area contributed by atoms with Gasteiger partial charge in [0.2, 0.25) is 0 Å². The quantitative estimate of drug-likeness (QED) is 0.440. The van der Waals surface area contributed by atoms with Crippen molar-refractivity contribution >= 4 is 17.9 Å². The van der Waals surface area contributed by atoms with Gasteiger partial charge in [0.1, 0.15) is 0 Å². The fraction of sp³-hybridized carbons (Fsp3) is 0.100. The molecule has 1 rings (SSSR count). The number of hydrogen-bond acceptors (Lipinski definition) is 1. The molecule has 0 aromatic heterocycles. The fourth-order valence-corrected chi connectivity index (χ4v) is 1.01. The van der Waals surface area contributed by atoms with E-state index in [9.17, 15) is 4.79 Å². The van der Waals surface area contributed by atoms with Crippen LogP contribution in [-0.2, 0) is 4.79 Å². The van der Waals surface area contributed by atoms with Gasteiger partial charge in [-0.15, -0.1) is 0 Å². The summed E-state index contributed by atoms with van der Waals surface area (Å²) < 4.78 is 0. The summed E-state index contributed by atoms with van der Waals surface area (Å²) in [4.78, 5) is 9.97. The molecular weight excluding hydrogens is 172 g/mol. The standard InChI is InChI=1S/C10H7ClO/c1-8-4-5-10(11)7-9(8)3-2-6-12/h4-7H,1H3. The van der Waals surface area contributed by atoms with Crippen LogP contribution >= 0.6 is 11.6 Å². The first-order valence-electron chi connectivity index (χ1n) is 3.45. The van der Waals surface area contributed by atoms with E-state index < -0.39 is 0 Å². The molecule has 0 aliphatic heterocycles. The number of hydrogen-bond donors (Lipinski definition) is 0. The van der Waals surface area contributed by atoms with E-state index in [1.165, 1.54) is 0 Å². The SMILES string of the molecule is Cc1ccc(Cl)cc1C#CC=O. The number of halogens is 1. The van der Waals surface area contributed by atoms with Gasteiger partial charge in [-0.3, -0.25) is 4.79 Å². The van der Waals surface area contributed by atoms with Crippen LogP contribution in [0, 0.1) is 18.8 Å². The second-order valence-corrected chi connectivity index (χ2v) is 2.78. The molecule has 0 unspecified atom stereocenters. The Balaban J connectivity index is 3.13. The summed E-state index contributed by atoms with van der Waals surface area (Å²) in [5.41, 5.74) is 1.82. The van der Waals surface area contributed by atoms with Crippen molar-refractivity contribution in [3.05, 3.63) is 34.3 Å². The summed E-state index contributed by atoms with van der Waals surface area (Å²) >= 11 is 5.74. The molecular formula is C10H7ClO. The zero-order chi connectivity index (χ0) is 8.97. The maximum atomic E-state index is 9.97. The van der Waals surface area contributed by atoms with Gasteiger partial charge in [-0.05, 0) is 30.5 Å². The third kappa shape index (κ3) is 2.11. The molecule has 1 nitrogen and oxygen atoms in total. The van der Waals surface area contributed by atoms with Gasteiger partial charge in [0.15, 0.2) is 6.29 Å². The second kappa shape index (κ2) is 3.94. The van der Waals surface area contributed by atoms with E-state index >= 15 is 0 Å². The Hall–Kier alpha value is -1.26. The topological polar surface area (TPSA) is 17.1 Å². The minimum Gasteiger partial charge on any atom is -0.289 e. The largest absolute Gasteiger partial charge is 0.289 e. The molecule has 0 heterocycles. The van der Waals surface area contributed by atoms with Gasteiger partial charge in [-0.25, -0.2) is 0 Å². The van der Waals surface area contributed by atoms with Crippen molar-refractivity contribution in [2.45, 2.75) is 6.92 Å². The van der Waals surface area contributed by atoms with Crippen molar-refractivity contribution in [2.75, 3.05) is 0 Å². The highest BCUT2D eigenvalue weighted by Crippen LogP contribution is 2.13. The number of aldehydes is 1. The minimum atomic E-state index is 0.570. The molecule has 0 aliphatic carbocycles. The molecule has 0 N–H and O–H groups in total. The van der Waals surface area contributed by atoms with Crippen molar-refractivity contribution in [1.82, 2.24) is 0 Å². The van der Waals surface area contributed by atoms with Gasteiger partial charge < -0.3 is 0 Å². The van der Waals surface area contributed by atoms with E-state index in [1.807, 2.05) is 13.0 Å². The van der Waals surface area contributed by atoms with Crippen molar-refractivity contribution in [2.24, 2.45) is 0 Å². The molecule has 12 heavy (non-hydrogen) atoms. The lowest BCUT2D eigenvalue weighted by Crippen LogP contribution is -1.81. The summed E-state index contributed by atoms with van der Waals surface area (Å²) in [6, 6.07) is 5.41. The van der Waals surface area contributed by atoms with E-state index in [0.717, 1.165) is 11.1 Å². The zero-order valence-electron chi connectivity index (χ0n) is 6.60. The smallest absolute Gasteiger partial charge is 0.193 e. The molecule has 0 saturated heterocycles. The molecule has 0 bridgehead atoms. The number of benzene rings is 1. The lowest BCUT2D eigenvalue weighted by molar-refractivity contribution is -0.103. The molecule has 2 heteroatoms. The third-order valence-corrected chi connectivity index (χ3v) is 1.70. The first-order chi connectivity index (χ1) is 5.74. The molecule has 0 saturated carbocycles. The predicted octanol–water partition coefficient (Wildman–Crippen LogP) is 2.20. The molecule has 0 atom stereocenters. The van der Waals surface area contributed by atoms with E-state index in [4.69, 9.17) is 11.6 Å². The Labute approximate surface area is 76.4 Å². The summed E-state index contributed by atoms with van der Waals surface area (Å²) in [6.07, 6.45) is 0.570. The molecule has 60 valence electrons.